The molecule has 0 aliphatic carbocycles. The molecule has 0 saturated carbocycles. The first-order valence-electron chi connectivity index (χ1n) is 10.7. The van der Waals surface area contributed by atoms with Crippen LogP contribution in [-0.2, 0) is 13.1 Å². The number of aromatic nitrogens is 2. The van der Waals surface area contributed by atoms with Crippen molar-refractivity contribution in [2.24, 2.45) is 0 Å². The molecule has 1 aromatic carbocycles. The second-order valence-electron chi connectivity index (χ2n) is 8.07. The summed E-state index contributed by atoms with van der Waals surface area (Å²) in [6.07, 6.45) is 3.73. The van der Waals surface area contributed by atoms with Gasteiger partial charge in [-0.2, -0.15) is 0 Å². The van der Waals surface area contributed by atoms with Gasteiger partial charge in [0.25, 0.3) is 5.91 Å². The van der Waals surface area contributed by atoms with E-state index in [1.807, 2.05) is 37.4 Å². The molecule has 0 spiro atoms. The monoisotopic (exact) mass is 418 g/mol. The summed E-state index contributed by atoms with van der Waals surface area (Å²) >= 11 is 0. The van der Waals surface area contributed by atoms with Gasteiger partial charge < -0.3 is 5.32 Å². The number of aryl methyl sites for hydroxylation is 1. The van der Waals surface area contributed by atoms with Crippen LogP contribution in [0.4, 0.5) is 4.39 Å². The Morgan fingerprint density at radius 2 is 1.97 bits per heavy atom. The molecule has 0 unspecified atom stereocenters. The summed E-state index contributed by atoms with van der Waals surface area (Å²) < 4.78 is 13.4. The molecule has 3 aromatic rings. The van der Waals surface area contributed by atoms with E-state index in [0.29, 0.717) is 5.56 Å². The van der Waals surface area contributed by atoms with Crippen molar-refractivity contribution in [2.75, 3.05) is 13.1 Å². The number of halogens is 1. The van der Waals surface area contributed by atoms with E-state index in [4.69, 9.17) is 4.98 Å². The number of rotatable bonds is 6. The third-order valence-corrected chi connectivity index (χ3v) is 5.74. The van der Waals surface area contributed by atoms with E-state index in [9.17, 15) is 9.18 Å². The standard InChI is InChI=1S/C25H27FN4O/c1-18-8-9-23(25(31)28-16-19-5-4-6-21(26)15-19)24(29-18)20-10-13-30(14-11-20)17-22-7-2-3-12-27-22/h2-9,12,15,20H,10-11,13-14,16-17H2,1H3,(H,28,31). The van der Waals surface area contributed by atoms with Gasteiger partial charge in [0, 0.05) is 30.9 Å². The summed E-state index contributed by atoms with van der Waals surface area (Å²) in [6.45, 7) is 4.97. The van der Waals surface area contributed by atoms with Crippen molar-refractivity contribution in [3.05, 3.63) is 94.8 Å². The predicted octanol–water partition coefficient (Wildman–Crippen LogP) is 4.23. The largest absolute Gasteiger partial charge is 0.348 e. The molecule has 1 aliphatic rings. The molecular formula is C25H27FN4O. The lowest BCUT2D eigenvalue weighted by Crippen LogP contribution is -2.34. The Morgan fingerprint density at radius 1 is 1.13 bits per heavy atom. The SMILES string of the molecule is Cc1ccc(C(=O)NCc2cccc(F)c2)c(C2CCN(Cc3ccccn3)CC2)n1. The minimum Gasteiger partial charge on any atom is -0.348 e. The number of likely N-dealkylation sites (tertiary alicyclic amines) is 1. The summed E-state index contributed by atoms with van der Waals surface area (Å²) in [4.78, 5) is 24.5. The van der Waals surface area contributed by atoms with Crippen molar-refractivity contribution in [3.63, 3.8) is 0 Å². The number of carbonyl (C=O) groups is 1. The van der Waals surface area contributed by atoms with Gasteiger partial charge in [0.05, 0.1) is 17.0 Å². The van der Waals surface area contributed by atoms with E-state index in [2.05, 4.69) is 21.3 Å². The molecule has 3 heterocycles. The Labute approximate surface area is 182 Å². The first-order chi connectivity index (χ1) is 15.1. The Bertz CT molecular complexity index is 1030. The Hall–Kier alpha value is -3.12. The maximum Gasteiger partial charge on any atom is 0.253 e. The van der Waals surface area contributed by atoms with Crippen LogP contribution >= 0.6 is 0 Å². The van der Waals surface area contributed by atoms with E-state index in [1.54, 1.807) is 12.1 Å². The zero-order valence-electron chi connectivity index (χ0n) is 17.7. The number of benzene rings is 1. The minimum absolute atomic E-state index is 0.164. The van der Waals surface area contributed by atoms with Gasteiger partial charge in [-0.25, -0.2) is 4.39 Å². The molecule has 0 radical (unpaired) electrons. The van der Waals surface area contributed by atoms with Crippen LogP contribution in [0.1, 0.15) is 51.8 Å². The maximum absolute atomic E-state index is 13.4. The van der Waals surface area contributed by atoms with Gasteiger partial charge in [0.2, 0.25) is 0 Å². The molecule has 1 fully saturated rings. The van der Waals surface area contributed by atoms with E-state index in [0.717, 1.165) is 55.1 Å². The zero-order chi connectivity index (χ0) is 21.6. The second kappa shape index (κ2) is 9.79. The first-order valence-corrected chi connectivity index (χ1v) is 10.7. The third-order valence-electron chi connectivity index (χ3n) is 5.74. The molecule has 31 heavy (non-hydrogen) atoms. The maximum atomic E-state index is 13.4. The van der Waals surface area contributed by atoms with Gasteiger partial charge >= 0.3 is 0 Å². The summed E-state index contributed by atoms with van der Waals surface area (Å²) in [6, 6.07) is 16.0. The van der Waals surface area contributed by atoms with Crippen molar-refractivity contribution in [2.45, 2.75) is 38.8 Å². The van der Waals surface area contributed by atoms with Crippen LogP contribution in [0.2, 0.25) is 0 Å². The van der Waals surface area contributed by atoms with Crippen LogP contribution in [0.25, 0.3) is 0 Å². The molecule has 4 rings (SSSR count). The molecule has 2 aromatic heterocycles. The van der Waals surface area contributed by atoms with Crippen LogP contribution < -0.4 is 5.32 Å². The molecule has 5 nitrogen and oxygen atoms in total. The van der Waals surface area contributed by atoms with Gasteiger partial charge in [-0.15, -0.1) is 0 Å². The third kappa shape index (κ3) is 5.52. The number of nitrogens with one attached hydrogen (secondary N) is 1. The summed E-state index contributed by atoms with van der Waals surface area (Å²) in [5, 5.41) is 2.92. The topological polar surface area (TPSA) is 58.1 Å². The molecular weight excluding hydrogens is 391 g/mol. The lowest BCUT2D eigenvalue weighted by atomic mass is 9.89. The highest BCUT2D eigenvalue weighted by molar-refractivity contribution is 5.95. The normalized spacial score (nSPS) is 15.0. The lowest BCUT2D eigenvalue weighted by molar-refractivity contribution is 0.0947. The van der Waals surface area contributed by atoms with Crippen LogP contribution in [-0.4, -0.2) is 33.9 Å². The van der Waals surface area contributed by atoms with E-state index in [-0.39, 0.29) is 24.2 Å². The van der Waals surface area contributed by atoms with Crippen molar-refractivity contribution in [1.82, 2.24) is 20.2 Å². The van der Waals surface area contributed by atoms with Gasteiger partial charge in [-0.1, -0.05) is 18.2 Å². The fourth-order valence-corrected chi connectivity index (χ4v) is 4.09. The van der Waals surface area contributed by atoms with Gasteiger partial charge in [0.15, 0.2) is 0 Å². The first kappa shape index (κ1) is 21.1. The van der Waals surface area contributed by atoms with Crippen LogP contribution in [0, 0.1) is 12.7 Å². The highest BCUT2D eigenvalue weighted by Crippen LogP contribution is 2.30. The van der Waals surface area contributed by atoms with Crippen molar-refractivity contribution in [1.29, 1.82) is 0 Å². The Morgan fingerprint density at radius 3 is 2.71 bits per heavy atom. The molecule has 0 atom stereocenters. The number of nitrogens with zero attached hydrogens (tertiary/aromatic N) is 3. The average Bonchev–Trinajstić information content (AvgIpc) is 2.79. The van der Waals surface area contributed by atoms with Crippen LogP contribution in [0.3, 0.4) is 0 Å². The Balaban J connectivity index is 1.41. The summed E-state index contributed by atoms with van der Waals surface area (Å²) in [5.74, 6) is -0.223. The number of carbonyl (C=O) groups excluding carboxylic acids is 1. The number of amides is 1. The van der Waals surface area contributed by atoms with Crippen molar-refractivity contribution in [3.8, 4) is 0 Å². The molecule has 1 N–H and O–H groups in total. The average molecular weight is 419 g/mol. The molecule has 1 aliphatic heterocycles. The van der Waals surface area contributed by atoms with Crippen LogP contribution in [0.5, 0.6) is 0 Å². The van der Waals surface area contributed by atoms with Gasteiger partial charge in [-0.05, 0) is 74.8 Å². The fourth-order valence-electron chi connectivity index (χ4n) is 4.09. The highest BCUT2D eigenvalue weighted by atomic mass is 19.1. The fraction of sp³-hybridized carbons (Fsp3) is 0.320. The number of hydrogen-bond donors (Lipinski definition) is 1. The molecule has 0 bridgehead atoms. The smallest absolute Gasteiger partial charge is 0.253 e. The van der Waals surface area contributed by atoms with E-state index < -0.39 is 0 Å². The predicted molar refractivity (Wildman–Crippen MR) is 118 cm³/mol. The molecule has 160 valence electrons. The lowest BCUT2D eigenvalue weighted by Gasteiger charge is -2.32. The van der Waals surface area contributed by atoms with E-state index >= 15 is 0 Å². The second-order valence-corrected chi connectivity index (χ2v) is 8.07. The summed E-state index contributed by atoms with van der Waals surface area (Å²) in [5.41, 5.74) is 4.21. The minimum atomic E-state index is -0.304. The van der Waals surface area contributed by atoms with Crippen molar-refractivity contribution < 1.29 is 9.18 Å². The molecule has 1 saturated heterocycles. The molecule has 1 amide bonds. The highest BCUT2D eigenvalue weighted by Gasteiger charge is 2.26. The number of pyridine rings is 2. The summed E-state index contributed by atoms with van der Waals surface area (Å²) in [7, 11) is 0. The molecule has 6 heteroatoms. The van der Waals surface area contributed by atoms with Gasteiger partial charge in [-0.3, -0.25) is 19.7 Å². The Kier molecular flexibility index (Phi) is 6.67. The number of hydrogen-bond acceptors (Lipinski definition) is 4. The van der Waals surface area contributed by atoms with Gasteiger partial charge in [0.1, 0.15) is 5.82 Å². The van der Waals surface area contributed by atoms with Crippen molar-refractivity contribution >= 4 is 5.91 Å². The zero-order valence-corrected chi connectivity index (χ0v) is 17.7. The number of piperidine rings is 1. The quantitative estimate of drug-likeness (QED) is 0.651. The van der Waals surface area contributed by atoms with E-state index in [1.165, 1.54) is 12.1 Å². The van der Waals surface area contributed by atoms with Crippen LogP contribution in [0.15, 0.2) is 60.8 Å².